The van der Waals surface area contributed by atoms with Gasteiger partial charge < -0.3 is 19.2 Å². The van der Waals surface area contributed by atoms with Gasteiger partial charge in [0.2, 0.25) is 5.91 Å². The van der Waals surface area contributed by atoms with E-state index < -0.39 is 6.10 Å². The third kappa shape index (κ3) is 3.56. The van der Waals surface area contributed by atoms with Crippen LogP contribution in [-0.4, -0.2) is 35.7 Å². The van der Waals surface area contributed by atoms with Crippen LogP contribution in [0.15, 0.2) is 47.3 Å². The Kier molecular flexibility index (Phi) is 4.67. The second kappa shape index (κ2) is 6.87. The van der Waals surface area contributed by atoms with Crippen LogP contribution in [0.2, 0.25) is 0 Å². The van der Waals surface area contributed by atoms with Crippen molar-refractivity contribution < 1.29 is 19.1 Å². The molecule has 0 spiro atoms. The third-order valence-electron chi connectivity index (χ3n) is 4.29. The lowest BCUT2D eigenvalue weighted by atomic mass is 10.0. The highest BCUT2D eigenvalue weighted by atomic mass is 16.5. The highest BCUT2D eigenvalue weighted by molar-refractivity contribution is 5.77. The predicted octanol–water partition coefficient (Wildman–Crippen LogP) is 2.56. The number of likely N-dealkylation sites (tertiary alicyclic amines) is 1. The van der Waals surface area contributed by atoms with Gasteiger partial charge in [-0.05, 0) is 42.2 Å². The predicted molar refractivity (Wildman–Crippen MR) is 85.1 cm³/mol. The van der Waals surface area contributed by atoms with Gasteiger partial charge >= 0.3 is 0 Å². The topological polar surface area (TPSA) is 62.9 Å². The van der Waals surface area contributed by atoms with Crippen molar-refractivity contribution in [2.45, 2.75) is 31.4 Å². The average molecular weight is 315 g/mol. The standard InChI is InChI=1S/C18H21NO4/c1-22-16-4-2-3-14(9-16)17-10-15(20)11-19(17)18(21)6-5-13-7-8-23-12-13/h2-4,7-9,12,15,17,20H,5-6,10-11H2,1H3. The number of aliphatic hydroxyl groups excluding tert-OH is 1. The third-order valence-corrected chi connectivity index (χ3v) is 4.29. The zero-order valence-electron chi connectivity index (χ0n) is 13.1. The molecule has 1 aliphatic heterocycles. The fourth-order valence-corrected chi connectivity index (χ4v) is 3.08. The van der Waals surface area contributed by atoms with Crippen molar-refractivity contribution in [3.05, 3.63) is 54.0 Å². The Morgan fingerprint density at radius 3 is 3.04 bits per heavy atom. The maximum absolute atomic E-state index is 12.6. The fourth-order valence-electron chi connectivity index (χ4n) is 3.08. The van der Waals surface area contributed by atoms with Crippen LogP contribution in [0.3, 0.4) is 0 Å². The Hall–Kier alpha value is -2.27. The molecular formula is C18H21NO4. The van der Waals surface area contributed by atoms with E-state index in [9.17, 15) is 9.90 Å². The van der Waals surface area contributed by atoms with Crippen LogP contribution < -0.4 is 4.74 Å². The Labute approximate surface area is 135 Å². The lowest BCUT2D eigenvalue weighted by Gasteiger charge is -2.25. The first-order valence-corrected chi connectivity index (χ1v) is 7.80. The van der Waals surface area contributed by atoms with Gasteiger partial charge in [-0.3, -0.25) is 4.79 Å². The van der Waals surface area contributed by atoms with E-state index in [-0.39, 0.29) is 11.9 Å². The Balaban J connectivity index is 1.72. The zero-order valence-corrected chi connectivity index (χ0v) is 13.1. The normalized spacial score (nSPS) is 20.7. The number of furan rings is 1. The number of carbonyl (C=O) groups is 1. The number of hydrogen-bond donors (Lipinski definition) is 1. The molecule has 0 aliphatic carbocycles. The van der Waals surface area contributed by atoms with E-state index in [0.29, 0.717) is 25.8 Å². The van der Waals surface area contributed by atoms with Gasteiger partial charge in [-0.15, -0.1) is 0 Å². The molecule has 0 bridgehead atoms. The van der Waals surface area contributed by atoms with E-state index in [1.165, 1.54) is 0 Å². The summed E-state index contributed by atoms with van der Waals surface area (Å²) in [6.07, 6.45) is 4.40. The summed E-state index contributed by atoms with van der Waals surface area (Å²) in [7, 11) is 1.62. The van der Waals surface area contributed by atoms with E-state index in [2.05, 4.69) is 0 Å². The molecular weight excluding hydrogens is 294 g/mol. The minimum absolute atomic E-state index is 0.0515. The van der Waals surface area contributed by atoms with E-state index in [1.807, 2.05) is 30.3 Å². The number of benzene rings is 1. The summed E-state index contributed by atoms with van der Waals surface area (Å²) in [6, 6.07) is 9.45. The number of hydrogen-bond acceptors (Lipinski definition) is 4. The average Bonchev–Trinajstić information content (AvgIpc) is 3.22. The summed E-state index contributed by atoms with van der Waals surface area (Å²) in [6.45, 7) is 0.381. The summed E-state index contributed by atoms with van der Waals surface area (Å²) in [5, 5.41) is 10.0. The molecule has 1 aromatic carbocycles. The molecule has 2 unspecified atom stereocenters. The lowest BCUT2D eigenvalue weighted by molar-refractivity contribution is -0.132. The van der Waals surface area contributed by atoms with Crippen LogP contribution in [0, 0.1) is 0 Å². The first-order chi connectivity index (χ1) is 11.2. The van der Waals surface area contributed by atoms with E-state index in [1.54, 1.807) is 24.5 Å². The molecule has 1 saturated heterocycles. The van der Waals surface area contributed by atoms with Crippen molar-refractivity contribution in [1.82, 2.24) is 4.90 Å². The molecule has 1 aliphatic rings. The quantitative estimate of drug-likeness (QED) is 0.921. The molecule has 2 atom stereocenters. The monoisotopic (exact) mass is 315 g/mol. The molecule has 0 saturated carbocycles. The van der Waals surface area contributed by atoms with Crippen LogP contribution >= 0.6 is 0 Å². The van der Waals surface area contributed by atoms with Crippen molar-refractivity contribution in [2.24, 2.45) is 0 Å². The fraction of sp³-hybridized carbons (Fsp3) is 0.389. The van der Waals surface area contributed by atoms with E-state index in [4.69, 9.17) is 9.15 Å². The molecule has 1 amide bonds. The molecule has 5 heteroatoms. The molecule has 122 valence electrons. The first-order valence-electron chi connectivity index (χ1n) is 7.80. The van der Waals surface area contributed by atoms with Gasteiger partial charge in [0.05, 0.1) is 31.8 Å². The number of amides is 1. The molecule has 23 heavy (non-hydrogen) atoms. The summed E-state index contributed by atoms with van der Waals surface area (Å²) in [5.41, 5.74) is 2.01. The molecule has 1 aromatic heterocycles. The van der Waals surface area contributed by atoms with Crippen LogP contribution in [0.5, 0.6) is 5.75 Å². The second-order valence-electron chi connectivity index (χ2n) is 5.86. The maximum atomic E-state index is 12.6. The Morgan fingerprint density at radius 1 is 1.43 bits per heavy atom. The minimum Gasteiger partial charge on any atom is -0.497 e. The summed E-state index contributed by atoms with van der Waals surface area (Å²) >= 11 is 0. The van der Waals surface area contributed by atoms with Crippen molar-refractivity contribution >= 4 is 5.91 Å². The molecule has 1 fully saturated rings. The van der Waals surface area contributed by atoms with Gasteiger partial charge in [-0.2, -0.15) is 0 Å². The molecule has 5 nitrogen and oxygen atoms in total. The van der Waals surface area contributed by atoms with Gasteiger partial charge in [0.15, 0.2) is 0 Å². The van der Waals surface area contributed by atoms with Crippen LogP contribution in [0.4, 0.5) is 0 Å². The SMILES string of the molecule is COc1cccc(C2CC(O)CN2C(=O)CCc2ccoc2)c1. The largest absolute Gasteiger partial charge is 0.497 e. The van der Waals surface area contributed by atoms with Gasteiger partial charge in [-0.1, -0.05) is 12.1 Å². The minimum atomic E-state index is -0.482. The molecule has 0 radical (unpaired) electrons. The van der Waals surface area contributed by atoms with Crippen molar-refractivity contribution in [2.75, 3.05) is 13.7 Å². The summed E-state index contributed by atoms with van der Waals surface area (Å²) < 4.78 is 10.3. The Bertz CT molecular complexity index is 653. The van der Waals surface area contributed by atoms with Crippen molar-refractivity contribution in [1.29, 1.82) is 0 Å². The molecule has 3 rings (SSSR count). The van der Waals surface area contributed by atoms with E-state index >= 15 is 0 Å². The summed E-state index contributed by atoms with van der Waals surface area (Å²) in [4.78, 5) is 14.4. The number of β-amino-alcohol motifs (C(OH)–C–C–N with tert-alkyl or cyclic N) is 1. The maximum Gasteiger partial charge on any atom is 0.223 e. The van der Waals surface area contributed by atoms with Gasteiger partial charge in [0, 0.05) is 13.0 Å². The van der Waals surface area contributed by atoms with Gasteiger partial charge in [0.25, 0.3) is 0 Å². The molecule has 2 heterocycles. The van der Waals surface area contributed by atoms with Crippen LogP contribution in [0.1, 0.15) is 30.0 Å². The second-order valence-corrected chi connectivity index (χ2v) is 5.86. The number of rotatable bonds is 5. The van der Waals surface area contributed by atoms with Gasteiger partial charge in [-0.25, -0.2) is 0 Å². The molecule has 2 aromatic rings. The number of carbonyl (C=O) groups excluding carboxylic acids is 1. The number of methoxy groups -OCH3 is 1. The zero-order chi connectivity index (χ0) is 16.2. The number of nitrogens with zero attached hydrogens (tertiary/aromatic N) is 1. The van der Waals surface area contributed by atoms with Crippen LogP contribution in [-0.2, 0) is 11.2 Å². The highest BCUT2D eigenvalue weighted by Crippen LogP contribution is 2.34. The highest BCUT2D eigenvalue weighted by Gasteiger charge is 2.35. The number of ether oxygens (including phenoxy) is 1. The summed E-state index contributed by atoms with van der Waals surface area (Å²) in [5.74, 6) is 0.810. The lowest BCUT2D eigenvalue weighted by Crippen LogP contribution is -2.31. The van der Waals surface area contributed by atoms with Crippen LogP contribution in [0.25, 0.3) is 0 Å². The first kappa shape index (κ1) is 15.6. The van der Waals surface area contributed by atoms with Gasteiger partial charge in [0.1, 0.15) is 5.75 Å². The number of aryl methyl sites for hydroxylation is 1. The van der Waals surface area contributed by atoms with Crippen molar-refractivity contribution in [3.8, 4) is 5.75 Å². The Morgan fingerprint density at radius 2 is 2.30 bits per heavy atom. The van der Waals surface area contributed by atoms with E-state index in [0.717, 1.165) is 16.9 Å². The van der Waals surface area contributed by atoms with Crippen molar-refractivity contribution in [3.63, 3.8) is 0 Å². The smallest absolute Gasteiger partial charge is 0.223 e. The molecule has 1 N–H and O–H groups in total. The number of aliphatic hydroxyl groups is 1.